The predicted octanol–water partition coefficient (Wildman–Crippen LogP) is 3.74. The van der Waals surface area contributed by atoms with E-state index in [1.807, 2.05) is 48.5 Å². The molecule has 2 rings (SSSR count). The molecule has 0 aliphatic heterocycles. The van der Waals surface area contributed by atoms with Crippen molar-refractivity contribution in [3.8, 4) is 0 Å². The van der Waals surface area contributed by atoms with Gasteiger partial charge in [0.1, 0.15) is 0 Å². The summed E-state index contributed by atoms with van der Waals surface area (Å²) in [4.78, 5) is 0. The van der Waals surface area contributed by atoms with Gasteiger partial charge in [-0.3, -0.25) is 0 Å². The highest BCUT2D eigenvalue weighted by Crippen LogP contribution is 2.26. The maximum Gasteiger partial charge on any atom is 0.0745 e. The van der Waals surface area contributed by atoms with Crippen LogP contribution >= 0.6 is 15.9 Å². The van der Waals surface area contributed by atoms with Gasteiger partial charge in [-0.1, -0.05) is 36.4 Å². The van der Waals surface area contributed by atoms with Gasteiger partial charge in [-0.05, 0) is 39.2 Å². The summed E-state index contributed by atoms with van der Waals surface area (Å²) in [6, 6.07) is 15.8. The van der Waals surface area contributed by atoms with Gasteiger partial charge in [0, 0.05) is 17.3 Å². The fraction of sp³-hybridized carbons (Fsp3) is 0.250. The van der Waals surface area contributed by atoms with Crippen LogP contribution in [0.5, 0.6) is 0 Å². The van der Waals surface area contributed by atoms with Gasteiger partial charge in [-0.15, -0.1) is 0 Å². The number of hydrogen-bond acceptors (Lipinski definition) is 3. The van der Waals surface area contributed by atoms with Crippen molar-refractivity contribution >= 4 is 21.6 Å². The number of nitrogens with one attached hydrogen (secondary N) is 1. The molecule has 0 saturated carbocycles. The minimum absolute atomic E-state index is 0.0327. The number of hydrogen-bond donors (Lipinski definition) is 2. The average molecular weight is 336 g/mol. The van der Waals surface area contributed by atoms with Crippen LogP contribution in [0.1, 0.15) is 17.2 Å². The zero-order chi connectivity index (χ0) is 14.4. The number of anilines is 1. The van der Waals surface area contributed by atoms with Gasteiger partial charge in [-0.2, -0.15) is 0 Å². The van der Waals surface area contributed by atoms with Gasteiger partial charge in [0.05, 0.1) is 19.3 Å². The van der Waals surface area contributed by atoms with Gasteiger partial charge in [-0.25, -0.2) is 0 Å². The fourth-order valence-electron chi connectivity index (χ4n) is 2.01. The van der Waals surface area contributed by atoms with E-state index in [-0.39, 0.29) is 12.6 Å². The van der Waals surface area contributed by atoms with E-state index in [0.717, 1.165) is 21.3 Å². The number of benzene rings is 2. The van der Waals surface area contributed by atoms with Crippen LogP contribution in [-0.2, 0) is 11.3 Å². The summed E-state index contributed by atoms with van der Waals surface area (Å²) in [6.07, 6.45) is 0. The zero-order valence-electron chi connectivity index (χ0n) is 11.3. The van der Waals surface area contributed by atoms with Crippen molar-refractivity contribution in [1.29, 1.82) is 0 Å². The van der Waals surface area contributed by atoms with Crippen molar-refractivity contribution in [3.63, 3.8) is 0 Å². The molecule has 3 nitrogen and oxygen atoms in total. The normalized spacial score (nSPS) is 12.2. The molecular weight excluding hydrogens is 318 g/mol. The van der Waals surface area contributed by atoms with E-state index >= 15 is 0 Å². The Morgan fingerprint density at radius 2 is 1.85 bits per heavy atom. The van der Waals surface area contributed by atoms with Crippen LogP contribution in [0.3, 0.4) is 0 Å². The Morgan fingerprint density at radius 1 is 1.15 bits per heavy atom. The number of aliphatic hydroxyl groups is 1. The van der Waals surface area contributed by atoms with Gasteiger partial charge in [0.2, 0.25) is 0 Å². The molecule has 0 aliphatic rings. The Kier molecular flexibility index (Phi) is 5.59. The van der Waals surface area contributed by atoms with E-state index in [9.17, 15) is 5.11 Å². The molecular formula is C16H18BrNO2. The summed E-state index contributed by atoms with van der Waals surface area (Å²) in [5, 5.41) is 12.9. The third kappa shape index (κ3) is 3.82. The molecule has 0 saturated heterocycles. The third-order valence-electron chi connectivity index (χ3n) is 3.08. The van der Waals surface area contributed by atoms with Gasteiger partial charge in [0.25, 0.3) is 0 Å². The van der Waals surface area contributed by atoms with Crippen LogP contribution in [0.4, 0.5) is 5.69 Å². The summed E-state index contributed by atoms with van der Waals surface area (Å²) >= 11 is 3.50. The van der Waals surface area contributed by atoms with Crippen LogP contribution in [0.15, 0.2) is 53.0 Å². The smallest absolute Gasteiger partial charge is 0.0745 e. The van der Waals surface area contributed by atoms with Crippen molar-refractivity contribution in [1.82, 2.24) is 0 Å². The van der Waals surface area contributed by atoms with E-state index in [0.29, 0.717) is 6.61 Å². The van der Waals surface area contributed by atoms with Crippen LogP contribution < -0.4 is 5.32 Å². The summed E-state index contributed by atoms with van der Waals surface area (Å²) in [7, 11) is 1.68. The molecule has 0 aromatic heterocycles. The molecule has 0 spiro atoms. The number of methoxy groups -OCH3 is 1. The number of ether oxygens (including phenoxy) is 1. The van der Waals surface area contributed by atoms with E-state index < -0.39 is 0 Å². The van der Waals surface area contributed by atoms with Crippen LogP contribution in [0.25, 0.3) is 0 Å². The fourth-order valence-corrected chi connectivity index (χ4v) is 2.41. The first kappa shape index (κ1) is 15.0. The summed E-state index contributed by atoms with van der Waals surface area (Å²) in [5.41, 5.74) is 3.13. The second-order valence-corrected chi connectivity index (χ2v) is 5.39. The summed E-state index contributed by atoms with van der Waals surface area (Å²) in [5.74, 6) is 0. The van der Waals surface area contributed by atoms with Gasteiger partial charge in [0.15, 0.2) is 0 Å². The Balaban J connectivity index is 2.13. The lowest BCUT2D eigenvalue weighted by Gasteiger charge is -2.19. The Labute approximate surface area is 127 Å². The van der Waals surface area contributed by atoms with Gasteiger partial charge < -0.3 is 15.2 Å². The molecule has 2 aromatic rings. The Hall–Kier alpha value is -1.36. The van der Waals surface area contributed by atoms with E-state index in [1.165, 1.54) is 0 Å². The highest BCUT2D eigenvalue weighted by atomic mass is 79.9. The van der Waals surface area contributed by atoms with Crippen molar-refractivity contribution in [2.24, 2.45) is 0 Å². The average Bonchev–Trinajstić information content (AvgIpc) is 2.48. The van der Waals surface area contributed by atoms with Crippen molar-refractivity contribution < 1.29 is 9.84 Å². The number of aliphatic hydroxyl groups excluding tert-OH is 1. The molecule has 0 aliphatic carbocycles. The minimum atomic E-state index is -0.134. The third-order valence-corrected chi connectivity index (χ3v) is 3.77. The molecule has 0 heterocycles. The molecule has 1 atom stereocenters. The first-order chi connectivity index (χ1) is 9.74. The first-order valence-corrected chi connectivity index (χ1v) is 7.23. The molecule has 0 bridgehead atoms. The van der Waals surface area contributed by atoms with Crippen LogP contribution in [0, 0.1) is 0 Å². The summed E-state index contributed by atoms with van der Waals surface area (Å²) in [6.45, 7) is 0.632. The second kappa shape index (κ2) is 7.43. The molecule has 2 N–H and O–H groups in total. The van der Waals surface area contributed by atoms with Crippen molar-refractivity contribution in [2.75, 3.05) is 19.0 Å². The van der Waals surface area contributed by atoms with E-state index in [1.54, 1.807) is 7.11 Å². The minimum Gasteiger partial charge on any atom is -0.394 e. The molecule has 0 amide bonds. The highest BCUT2D eigenvalue weighted by molar-refractivity contribution is 9.10. The van der Waals surface area contributed by atoms with E-state index in [2.05, 4.69) is 21.2 Å². The molecule has 1 unspecified atom stereocenters. The Bertz CT molecular complexity index is 542. The van der Waals surface area contributed by atoms with E-state index in [4.69, 9.17) is 4.74 Å². The second-order valence-electron chi connectivity index (χ2n) is 4.53. The van der Waals surface area contributed by atoms with Crippen molar-refractivity contribution in [2.45, 2.75) is 12.6 Å². The largest absolute Gasteiger partial charge is 0.394 e. The molecule has 106 valence electrons. The first-order valence-electron chi connectivity index (χ1n) is 6.44. The molecule has 0 radical (unpaired) electrons. The summed E-state index contributed by atoms with van der Waals surface area (Å²) < 4.78 is 6.08. The SMILES string of the molecule is COCc1ccc(C(CO)Nc2ccccc2Br)cc1. The highest BCUT2D eigenvalue weighted by Gasteiger charge is 2.11. The molecule has 0 fully saturated rings. The quantitative estimate of drug-likeness (QED) is 0.844. The predicted molar refractivity (Wildman–Crippen MR) is 84.7 cm³/mol. The lowest BCUT2D eigenvalue weighted by atomic mass is 10.1. The van der Waals surface area contributed by atoms with Crippen molar-refractivity contribution in [3.05, 3.63) is 64.1 Å². The number of halogens is 1. The standard InChI is InChI=1S/C16H18BrNO2/c1-20-11-12-6-8-13(9-7-12)16(10-19)18-15-5-3-2-4-14(15)17/h2-9,16,18-19H,10-11H2,1H3. The lowest BCUT2D eigenvalue weighted by Crippen LogP contribution is -2.15. The maximum atomic E-state index is 9.60. The van der Waals surface area contributed by atoms with Gasteiger partial charge >= 0.3 is 0 Å². The number of para-hydroxylation sites is 1. The maximum absolute atomic E-state index is 9.60. The monoisotopic (exact) mass is 335 g/mol. The van der Waals surface area contributed by atoms with Crippen LogP contribution in [0.2, 0.25) is 0 Å². The zero-order valence-corrected chi connectivity index (χ0v) is 12.9. The topological polar surface area (TPSA) is 41.5 Å². The Morgan fingerprint density at radius 3 is 2.45 bits per heavy atom. The molecule has 2 aromatic carbocycles. The number of rotatable bonds is 6. The van der Waals surface area contributed by atoms with Crippen LogP contribution in [-0.4, -0.2) is 18.8 Å². The molecule has 4 heteroatoms. The molecule has 20 heavy (non-hydrogen) atoms. The lowest BCUT2D eigenvalue weighted by molar-refractivity contribution is 0.185.